The van der Waals surface area contributed by atoms with Crippen LogP contribution in [0.3, 0.4) is 0 Å². The Morgan fingerprint density at radius 1 is 1.33 bits per heavy atom. The van der Waals surface area contributed by atoms with Gasteiger partial charge < -0.3 is 5.32 Å². The Labute approximate surface area is 93.2 Å². The average molecular weight is 212 g/mol. The number of hydrogen-bond acceptors (Lipinski definition) is 3. The predicted octanol–water partition coefficient (Wildman–Crippen LogP) is 1.29. The molecule has 3 heteroatoms. The molecule has 0 unspecified atom stereocenters. The molecule has 88 valence electrons. The monoisotopic (exact) mass is 212 g/mol. The van der Waals surface area contributed by atoms with Gasteiger partial charge in [0.25, 0.3) is 0 Å². The van der Waals surface area contributed by atoms with Crippen molar-refractivity contribution in [1.82, 2.24) is 10.2 Å². The summed E-state index contributed by atoms with van der Waals surface area (Å²) in [6.07, 6.45) is 2.95. The predicted molar refractivity (Wildman–Crippen MR) is 63.0 cm³/mol. The number of nitrogens with zero attached hydrogens (tertiary/aromatic N) is 1. The van der Waals surface area contributed by atoms with E-state index in [1.165, 1.54) is 0 Å². The van der Waals surface area contributed by atoms with Gasteiger partial charge in [0, 0.05) is 19.5 Å². The third-order valence-electron chi connectivity index (χ3n) is 2.83. The van der Waals surface area contributed by atoms with Crippen molar-refractivity contribution in [1.29, 1.82) is 0 Å². The van der Waals surface area contributed by atoms with E-state index >= 15 is 0 Å². The summed E-state index contributed by atoms with van der Waals surface area (Å²) in [5.74, 6) is 1.05. The van der Waals surface area contributed by atoms with Gasteiger partial charge in [0.05, 0.1) is 6.54 Å². The zero-order chi connectivity index (χ0) is 11.1. The zero-order valence-electron chi connectivity index (χ0n) is 10.1. The smallest absolute Gasteiger partial charge is 0.146 e. The van der Waals surface area contributed by atoms with Crippen molar-refractivity contribution >= 4 is 5.78 Å². The fraction of sp³-hybridized carbons (Fsp3) is 0.917. The van der Waals surface area contributed by atoms with Crippen LogP contribution in [-0.4, -0.2) is 43.4 Å². The number of rotatable bonds is 5. The van der Waals surface area contributed by atoms with E-state index in [1.54, 1.807) is 0 Å². The summed E-state index contributed by atoms with van der Waals surface area (Å²) in [6.45, 7) is 9.21. The molecular weight excluding hydrogens is 188 g/mol. The van der Waals surface area contributed by atoms with E-state index in [0.29, 0.717) is 18.2 Å². The Bertz CT molecular complexity index is 184. The molecule has 0 spiro atoms. The Hall–Kier alpha value is -0.410. The van der Waals surface area contributed by atoms with Gasteiger partial charge in [-0.2, -0.15) is 0 Å². The van der Waals surface area contributed by atoms with Gasteiger partial charge in [0.15, 0.2) is 0 Å². The number of Topliss-reactive ketones (excluding diaryl/α,β-unsaturated/α-hetero) is 1. The lowest BCUT2D eigenvalue weighted by atomic mass is 10.1. The largest absolute Gasteiger partial charge is 0.315 e. The molecular formula is C12H24N2O. The molecule has 1 aliphatic rings. The molecule has 0 aromatic rings. The van der Waals surface area contributed by atoms with Crippen molar-refractivity contribution in [2.75, 3.05) is 32.7 Å². The second kappa shape index (κ2) is 6.96. The summed E-state index contributed by atoms with van der Waals surface area (Å²) in [6, 6.07) is 0. The maximum absolute atomic E-state index is 11.7. The first kappa shape index (κ1) is 12.7. The van der Waals surface area contributed by atoms with Gasteiger partial charge >= 0.3 is 0 Å². The van der Waals surface area contributed by atoms with Crippen LogP contribution in [0.15, 0.2) is 0 Å². The number of ketones is 1. The maximum atomic E-state index is 11.7. The molecule has 0 aromatic carbocycles. The third kappa shape index (κ3) is 5.90. The highest BCUT2D eigenvalue weighted by Crippen LogP contribution is 2.05. The number of nitrogens with one attached hydrogen (secondary N) is 1. The van der Waals surface area contributed by atoms with Crippen molar-refractivity contribution in [2.45, 2.75) is 33.1 Å². The molecule has 15 heavy (non-hydrogen) atoms. The molecule has 0 bridgehead atoms. The number of carbonyl (C=O) groups excluding carboxylic acids is 1. The van der Waals surface area contributed by atoms with Crippen LogP contribution in [0.5, 0.6) is 0 Å². The van der Waals surface area contributed by atoms with Crippen molar-refractivity contribution in [2.24, 2.45) is 5.92 Å². The summed E-state index contributed by atoms with van der Waals surface area (Å²) in [5.41, 5.74) is 0. The van der Waals surface area contributed by atoms with E-state index in [4.69, 9.17) is 0 Å². The van der Waals surface area contributed by atoms with E-state index in [2.05, 4.69) is 24.1 Å². The molecule has 0 atom stereocenters. The molecule has 0 aliphatic carbocycles. The first-order chi connectivity index (χ1) is 7.18. The van der Waals surface area contributed by atoms with Crippen molar-refractivity contribution in [3.05, 3.63) is 0 Å². The van der Waals surface area contributed by atoms with Crippen LogP contribution >= 0.6 is 0 Å². The highest BCUT2D eigenvalue weighted by Gasteiger charge is 2.12. The molecule has 0 saturated carbocycles. The second-order valence-electron chi connectivity index (χ2n) is 4.85. The highest BCUT2D eigenvalue weighted by molar-refractivity contribution is 5.80. The van der Waals surface area contributed by atoms with Crippen LogP contribution in [0.2, 0.25) is 0 Å². The summed E-state index contributed by atoms with van der Waals surface area (Å²) < 4.78 is 0. The average Bonchev–Trinajstić information content (AvgIpc) is 2.43. The third-order valence-corrected chi connectivity index (χ3v) is 2.83. The van der Waals surface area contributed by atoms with Crippen molar-refractivity contribution < 1.29 is 4.79 Å². The van der Waals surface area contributed by atoms with E-state index in [9.17, 15) is 4.79 Å². The summed E-state index contributed by atoms with van der Waals surface area (Å²) >= 11 is 0. The Balaban J connectivity index is 2.17. The van der Waals surface area contributed by atoms with E-state index in [0.717, 1.165) is 45.4 Å². The van der Waals surface area contributed by atoms with E-state index in [1.807, 2.05) is 0 Å². The number of carbonyl (C=O) groups is 1. The van der Waals surface area contributed by atoms with Crippen molar-refractivity contribution in [3.8, 4) is 0 Å². The molecule has 0 aromatic heterocycles. The first-order valence-electron chi connectivity index (χ1n) is 6.13. The minimum atomic E-state index is 0.408. The number of hydrogen-bond donors (Lipinski definition) is 1. The van der Waals surface area contributed by atoms with E-state index < -0.39 is 0 Å². The minimum Gasteiger partial charge on any atom is -0.315 e. The van der Waals surface area contributed by atoms with Gasteiger partial charge in [0.1, 0.15) is 5.78 Å². The Kier molecular flexibility index (Phi) is 5.88. The van der Waals surface area contributed by atoms with Crippen LogP contribution in [0.1, 0.15) is 33.1 Å². The molecule has 0 amide bonds. The maximum Gasteiger partial charge on any atom is 0.146 e. The van der Waals surface area contributed by atoms with Gasteiger partial charge in [-0.1, -0.05) is 13.8 Å². The lowest BCUT2D eigenvalue weighted by Crippen LogP contribution is -2.33. The quantitative estimate of drug-likeness (QED) is 0.745. The normalized spacial score (nSPS) is 19.1. The standard InChI is InChI=1S/C12H24N2O/c1-11(2)4-5-12(15)10-14-8-3-6-13-7-9-14/h11,13H,3-10H2,1-2H3. The van der Waals surface area contributed by atoms with Gasteiger partial charge in [-0.05, 0) is 31.8 Å². The van der Waals surface area contributed by atoms with Gasteiger partial charge in [-0.3, -0.25) is 9.69 Å². The topological polar surface area (TPSA) is 32.3 Å². The SMILES string of the molecule is CC(C)CCC(=O)CN1CCCNCC1. The Morgan fingerprint density at radius 3 is 2.87 bits per heavy atom. The van der Waals surface area contributed by atoms with Crippen LogP contribution in [0.4, 0.5) is 0 Å². The van der Waals surface area contributed by atoms with Crippen LogP contribution in [-0.2, 0) is 4.79 Å². The van der Waals surface area contributed by atoms with Gasteiger partial charge in [-0.25, -0.2) is 0 Å². The molecule has 3 nitrogen and oxygen atoms in total. The van der Waals surface area contributed by atoms with Gasteiger partial charge in [-0.15, -0.1) is 0 Å². The Morgan fingerprint density at radius 2 is 2.13 bits per heavy atom. The minimum absolute atomic E-state index is 0.408. The summed E-state index contributed by atoms with van der Waals surface area (Å²) in [5, 5.41) is 3.35. The van der Waals surface area contributed by atoms with Gasteiger partial charge in [0.2, 0.25) is 0 Å². The summed E-state index contributed by atoms with van der Waals surface area (Å²) in [7, 11) is 0. The molecule has 1 saturated heterocycles. The van der Waals surface area contributed by atoms with Crippen molar-refractivity contribution in [3.63, 3.8) is 0 Å². The lowest BCUT2D eigenvalue weighted by Gasteiger charge is -2.18. The van der Waals surface area contributed by atoms with Crippen LogP contribution in [0.25, 0.3) is 0 Å². The highest BCUT2D eigenvalue weighted by atomic mass is 16.1. The van der Waals surface area contributed by atoms with Crippen LogP contribution in [0, 0.1) is 5.92 Å². The van der Waals surface area contributed by atoms with Crippen LogP contribution < -0.4 is 5.32 Å². The fourth-order valence-electron chi connectivity index (χ4n) is 1.84. The first-order valence-corrected chi connectivity index (χ1v) is 6.13. The van der Waals surface area contributed by atoms with E-state index in [-0.39, 0.29) is 0 Å². The fourth-order valence-corrected chi connectivity index (χ4v) is 1.84. The zero-order valence-corrected chi connectivity index (χ0v) is 10.1. The molecule has 1 fully saturated rings. The molecule has 1 rings (SSSR count). The molecule has 1 aliphatic heterocycles. The molecule has 0 radical (unpaired) electrons. The lowest BCUT2D eigenvalue weighted by molar-refractivity contribution is -0.120. The second-order valence-corrected chi connectivity index (χ2v) is 4.85. The molecule has 1 N–H and O–H groups in total. The molecule has 1 heterocycles. The summed E-state index contributed by atoms with van der Waals surface area (Å²) in [4.78, 5) is 13.9.